The largest absolute Gasteiger partial charge is 0.396 e. The topological polar surface area (TPSA) is 50.9 Å². The number of aliphatic hydroxyl groups is 1. The van der Waals surface area contributed by atoms with Crippen molar-refractivity contribution in [1.82, 2.24) is 14.8 Å². The Morgan fingerprint density at radius 1 is 1.07 bits per heavy atom. The number of aliphatic hydroxyl groups excluding tert-OH is 1. The van der Waals surface area contributed by atoms with Gasteiger partial charge < -0.3 is 5.11 Å². The third-order valence-corrected chi connectivity index (χ3v) is 5.83. The Labute approximate surface area is 154 Å². The zero-order valence-electron chi connectivity index (χ0n) is 14.7. The Morgan fingerprint density at radius 3 is 2.48 bits per heavy atom. The van der Waals surface area contributed by atoms with Crippen LogP contribution in [0.1, 0.15) is 48.8 Å². The average Bonchev–Trinajstić information content (AvgIpc) is 2.97. The molecule has 0 amide bonds. The van der Waals surface area contributed by atoms with Crippen LogP contribution in [0.4, 0.5) is 17.6 Å². The summed E-state index contributed by atoms with van der Waals surface area (Å²) in [6.45, 7) is -0.0468. The van der Waals surface area contributed by atoms with Gasteiger partial charge in [-0.25, -0.2) is 4.39 Å². The summed E-state index contributed by atoms with van der Waals surface area (Å²) in [6.07, 6.45) is -2.14. The van der Waals surface area contributed by atoms with Gasteiger partial charge in [-0.2, -0.15) is 13.2 Å². The molecule has 1 N–H and O–H groups in total. The monoisotopic (exact) mass is 383 g/mol. The van der Waals surface area contributed by atoms with E-state index < -0.39 is 12.1 Å². The van der Waals surface area contributed by atoms with Crippen LogP contribution in [0.2, 0.25) is 0 Å². The summed E-state index contributed by atoms with van der Waals surface area (Å²) in [5.74, 6) is -0.475. The van der Waals surface area contributed by atoms with Gasteiger partial charge in [0.2, 0.25) is 0 Å². The number of alkyl halides is 3. The van der Waals surface area contributed by atoms with E-state index in [2.05, 4.69) is 10.2 Å². The van der Waals surface area contributed by atoms with Gasteiger partial charge in [0, 0.05) is 18.9 Å². The van der Waals surface area contributed by atoms with Crippen molar-refractivity contribution in [2.24, 2.45) is 11.8 Å². The highest BCUT2D eigenvalue weighted by molar-refractivity contribution is 5.45. The summed E-state index contributed by atoms with van der Waals surface area (Å²) in [5.41, 5.74) is 1.53. The van der Waals surface area contributed by atoms with Crippen molar-refractivity contribution in [3.8, 4) is 5.69 Å². The van der Waals surface area contributed by atoms with Crippen molar-refractivity contribution in [3.63, 3.8) is 0 Å². The second-order valence-electron chi connectivity index (χ2n) is 7.63. The van der Waals surface area contributed by atoms with E-state index in [-0.39, 0.29) is 37.1 Å². The molecule has 0 saturated heterocycles. The van der Waals surface area contributed by atoms with Crippen LogP contribution < -0.4 is 0 Å². The third kappa shape index (κ3) is 3.47. The smallest absolute Gasteiger partial charge is 0.391 e. The van der Waals surface area contributed by atoms with Crippen LogP contribution in [-0.2, 0) is 12.8 Å². The Kier molecular flexibility index (Phi) is 4.70. The number of hydrogen-bond donors (Lipinski definition) is 1. The molecule has 1 fully saturated rings. The quantitative estimate of drug-likeness (QED) is 0.799. The van der Waals surface area contributed by atoms with E-state index in [4.69, 9.17) is 0 Å². The number of nitrogens with zero attached hydrogens (tertiary/aromatic N) is 3. The summed E-state index contributed by atoms with van der Waals surface area (Å²) in [5, 5.41) is 18.2. The molecule has 1 aliphatic carbocycles. The molecule has 1 saturated carbocycles. The number of aromatic nitrogens is 3. The van der Waals surface area contributed by atoms with E-state index in [0.717, 1.165) is 11.3 Å². The molecule has 2 heterocycles. The van der Waals surface area contributed by atoms with E-state index in [0.29, 0.717) is 37.3 Å². The Balaban J connectivity index is 1.69. The Morgan fingerprint density at radius 2 is 1.81 bits per heavy atom. The van der Waals surface area contributed by atoms with Gasteiger partial charge >= 0.3 is 6.18 Å². The molecule has 146 valence electrons. The summed E-state index contributed by atoms with van der Waals surface area (Å²) in [4.78, 5) is 0. The molecule has 2 aromatic rings. The Hall–Kier alpha value is -1.96. The predicted octanol–water partition coefficient (Wildman–Crippen LogP) is 3.95. The third-order valence-electron chi connectivity index (χ3n) is 5.83. The lowest BCUT2D eigenvalue weighted by molar-refractivity contribution is -0.182. The highest BCUT2D eigenvalue weighted by Crippen LogP contribution is 2.43. The molecule has 0 radical (unpaired) electrons. The molecule has 4 nitrogen and oxygen atoms in total. The standard InChI is InChI=1S/C19H21F4N3O/c20-15-5-6-16-13(9-15)7-11(10-27)8-17-24-25-18(26(16)17)12-1-3-14(4-2-12)19(21,22)23/h5-6,9,11-12,14,27H,1-4,7-8,10H2. The molecule has 1 aliphatic heterocycles. The molecular formula is C19H21F4N3O. The van der Waals surface area contributed by atoms with Gasteiger partial charge in [-0.3, -0.25) is 4.57 Å². The van der Waals surface area contributed by atoms with E-state index in [9.17, 15) is 22.7 Å². The molecule has 1 aromatic heterocycles. The Bertz CT molecular complexity index is 825. The molecule has 8 heteroatoms. The van der Waals surface area contributed by atoms with E-state index in [1.165, 1.54) is 12.1 Å². The minimum atomic E-state index is -4.15. The molecule has 0 spiro atoms. The van der Waals surface area contributed by atoms with E-state index in [1.54, 1.807) is 6.07 Å². The SMILES string of the molecule is OCC1Cc2cc(F)ccc2-n2c(nnc2C2CCC(C(F)(F)F)CC2)C1. The molecule has 4 rings (SSSR count). The first-order valence-corrected chi connectivity index (χ1v) is 9.27. The van der Waals surface area contributed by atoms with Crippen molar-refractivity contribution in [2.45, 2.75) is 50.6 Å². The van der Waals surface area contributed by atoms with Crippen LogP contribution in [0, 0.1) is 17.7 Å². The van der Waals surface area contributed by atoms with Crippen LogP contribution in [0.5, 0.6) is 0 Å². The maximum Gasteiger partial charge on any atom is 0.391 e. The van der Waals surface area contributed by atoms with Gasteiger partial charge in [0.25, 0.3) is 0 Å². The van der Waals surface area contributed by atoms with Crippen molar-refractivity contribution in [2.75, 3.05) is 6.61 Å². The summed E-state index contributed by atoms with van der Waals surface area (Å²) >= 11 is 0. The average molecular weight is 383 g/mol. The summed E-state index contributed by atoms with van der Waals surface area (Å²) < 4.78 is 54.5. The summed E-state index contributed by atoms with van der Waals surface area (Å²) in [7, 11) is 0. The first kappa shape index (κ1) is 18.4. The van der Waals surface area contributed by atoms with Gasteiger partial charge in [-0.15, -0.1) is 10.2 Å². The molecular weight excluding hydrogens is 362 g/mol. The number of hydrogen-bond acceptors (Lipinski definition) is 3. The fraction of sp³-hybridized carbons (Fsp3) is 0.579. The molecule has 1 atom stereocenters. The zero-order chi connectivity index (χ0) is 19.2. The molecule has 2 aliphatic rings. The maximum atomic E-state index is 13.8. The van der Waals surface area contributed by atoms with Crippen LogP contribution in [0.3, 0.4) is 0 Å². The van der Waals surface area contributed by atoms with Gasteiger partial charge in [-0.1, -0.05) is 0 Å². The lowest BCUT2D eigenvalue weighted by Crippen LogP contribution is -2.28. The van der Waals surface area contributed by atoms with Crippen LogP contribution >= 0.6 is 0 Å². The van der Waals surface area contributed by atoms with Gasteiger partial charge in [-0.05, 0) is 61.8 Å². The van der Waals surface area contributed by atoms with E-state index >= 15 is 0 Å². The molecule has 1 aromatic carbocycles. The van der Waals surface area contributed by atoms with Crippen LogP contribution in [-0.4, -0.2) is 32.7 Å². The molecule has 1 unspecified atom stereocenters. The van der Waals surface area contributed by atoms with Crippen LogP contribution in [0.15, 0.2) is 18.2 Å². The number of halogens is 4. The van der Waals surface area contributed by atoms with Gasteiger partial charge in [0.15, 0.2) is 0 Å². The van der Waals surface area contributed by atoms with Crippen LogP contribution in [0.25, 0.3) is 5.69 Å². The first-order valence-electron chi connectivity index (χ1n) is 9.27. The normalized spacial score (nSPS) is 25.6. The fourth-order valence-corrected chi connectivity index (χ4v) is 4.37. The zero-order valence-corrected chi connectivity index (χ0v) is 14.7. The lowest BCUT2D eigenvalue weighted by atomic mass is 9.81. The van der Waals surface area contributed by atoms with Crippen molar-refractivity contribution >= 4 is 0 Å². The van der Waals surface area contributed by atoms with Crippen molar-refractivity contribution < 1.29 is 22.7 Å². The molecule has 0 bridgehead atoms. The van der Waals surface area contributed by atoms with Crippen molar-refractivity contribution in [3.05, 3.63) is 41.2 Å². The second-order valence-corrected chi connectivity index (χ2v) is 7.63. The molecule has 27 heavy (non-hydrogen) atoms. The van der Waals surface area contributed by atoms with Crippen molar-refractivity contribution in [1.29, 1.82) is 0 Å². The van der Waals surface area contributed by atoms with Gasteiger partial charge in [0.05, 0.1) is 11.6 Å². The second kappa shape index (κ2) is 6.89. The lowest BCUT2D eigenvalue weighted by Gasteiger charge is -2.29. The summed E-state index contributed by atoms with van der Waals surface area (Å²) in [6, 6.07) is 4.49. The highest BCUT2D eigenvalue weighted by Gasteiger charge is 2.42. The van der Waals surface area contributed by atoms with Gasteiger partial charge in [0.1, 0.15) is 17.5 Å². The maximum absolute atomic E-state index is 13.8. The predicted molar refractivity (Wildman–Crippen MR) is 90.1 cm³/mol. The minimum Gasteiger partial charge on any atom is -0.396 e. The first-order chi connectivity index (χ1) is 12.9. The van der Waals surface area contributed by atoms with E-state index in [1.807, 2.05) is 4.57 Å². The highest BCUT2D eigenvalue weighted by atomic mass is 19.4. The number of fused-ring (bicyclic) bond motifs is 3. The number of rotatable bonds is 2. The fourth-order valence-electron chi connectivity index (χ4n) is 4.37. The number of benzene rings is 1. The minimum absolute atomic E-state index is 0.0468.